The van der Waals surface area contributed by atoms with Crippen LogP contribution in [0.5, 0.6) is 5.75 Å². The maximum Gasteiger partial charge on any atom is 0.329 e. The van der Waals surface area contributed by atoms with Crippen molar-refractivity contribution >= 4 is 17.8 Å². The van der Waals surface area contributed by atoms with Crippen LogP contribution in [0, 0.1) is 13.8 Å². The molecule has 8 heteroatoms. The van der Waals surface area contributed by atoms with E-state index in [2.05, 4.69) is 6.92 Å². The van der Waals surface area contributed by atoms with Crippen LogP contribution in [0.1, 0.15) is 99.0 Å². The molecule has 1 aliphatic rings. The molecule has 1 aromatic rings. The van der Waals surface area contributed by atoms with Gasteiger partial charge in [-0.2, -0.15) is 0 Å². The van der Waals surface area contributed by atoms with Gasteiger partial charge in [0.05, 0.1) is 7.11 Å². The van der Waals surface area contributed by atoms with Crippen LogP contribution in [0.15, 0.2) is 24.4 Å². The summed E-state index contributed by atoms with van der Waals surface area (Å²) >= 11 is 0. The zero-order valence-corrected chi connectivity index (χ0v) is 22.8. The molecule has 0 fully saturated rings. The average Bonchev–Trinajstić information content (AvgIpc) is 3.37. The van der Waals surface area contributed by atoms with Crippen molar-refractivity contribution in [3.05, 3.63) is 41.1 Å². The summed E-state index contributed by atoms with van der Waals surface area (Å²) in [6.45, 7) is 6.03. The number of unbranched alkanes of at least 4 members (excludes halogenated alkanes) is 5. The minimum Gasteiger partial charge on any atom is -0.496 e. The summed E-state index contributed by atoms with van der Waals surface area (Å²) < 4.78 is 11.4. The molecule has 0 saturated heterocycles. The number of carbonyl (C=O) groups excluding carboxylic acids is 3. The summed E-state index contributed by atoms with van der Waals surface area (Å²) in [5, 5.41) is 9.56. The Bertz CT molecular complexity index is 945. The number of nitrogens with two attached hydrogens (primary N) is 1. The fraction of sp³-hybridized carbons (Fsp3) is 0.621. The SMILES string of the molecule is CCCCCC[C@H](CCCCC[C@@H](O)C(N)=O)OC(=O)[C@@H]1CC=CN1C(=O)c1cc(C)c(C)c(OC)c1. The number of amides is 2. The van der Waals surface area contributed by atoms with Gasteiger partial charge in [-0.05, 0) is 75.6 Å². The fourth-order valence-electron chi connectivity index (χ4n) is 4.58. The third kappa shape index (κ3) is 9.18. The minimum atomic E-state index is -1.11. The van der Waals surface area contributed by atoms with Crippen molar-refractivity contribution in [2.24, 2.45) is 5.73 Å². The van der Waals surface area contributed by atoms with Gasteiger partial charge in [0.1, 0.15) is 24.0 Å². The number of rotatable bonds is 16. The standard InChI is InChI=1S/C29H44N2O6/c1-5-6-7-9-13-23(14-10-8-11-16-25(32)27(30)33)37-29(35)24-15-12-17-31(24)28(34)22-18-20(2)21(3)26(19-22)36-4/h12,17-19,23-25,32H,5-11,13-16H2,1-4H3,(H2,30,33)/t23-,24+,25-/m1/s1. The Hall–Kier alpha value is -2.87. The summed E-state index contributed by atoms with van der Waals surface area (Å²) in [5.41, 5.74) is 7.50. The van der Waals surface area contributed by atoms with Gasteiger partial charge in [0.15, 0.2) is 0 Å². The molecular weight excluding hydrogens is 472 g/mol. The van der Waals surface area contributed by atoms with E-state index in [9.17, 15) is 19.5 Å². The Balaban J connectivity index is 2.01. The molecule has 1 aliphatic heterocycles. The molecule has 3 N–H and O–H groups in total. The van der Waals surface area contributed by atoms with Gasteiger partial charge in [-0.25, -0.2) is 4.79 Å². The second-order valence-electron chi connectivity index (χ2n) is 9.93. The second kappa shape index (κ2) is 15.4. The first kappa shape index (κ1) is 30.4. The molecule has 0 saturated carbocycles. The van der Waals surface area contributed by atoms with Gasteiger partial charge in [0.2, 0.25) is 5.91 Å². The zero-order chi connectivity index (χ0) is 27.4. The van der Waals surface area contributed by atoms with Crippen molar-refractivity contribution in [3.8, 4) is 5.75 Å². The Morgan fingerprint density at radius 3 is 2.32 bits per heavy atom. The van der Waals surface area contributed by atoms with Crippen LogP contribution in [0.2, 0.25) is 0 Å². The number of primary amides is 1. The number of hydrogen-bond acceptors (Lipinski definition) is 6. The highest BCUT2D eigenvalue weighted by atomic mass is 16.5. The van der Waals surface area contributed by atoms with Crippen molar-refractivity contribution in [3.63, 3.8) is 0 Å². The lowest BCUT2D eigenvalue weighted by atomic mass is 10.0. The highest BCUT2D eigenvalue weighted by Crippen LogP contribution is 2.27. The minimum absolute atomic E-state index is 0.232. The van der Waals surface area contributed by atoms with Gasteiger partial charge in [-0.1, -0.05) is 45.1 Å². The van der Waals surface area contributed by atoms with Crippen LogP contribution in [0.4, 0.5) is 0 Å². The summed E-state index contributed by atoms with van der Waals surface area (Å²) in [5.74, 6) is -0.712. The maximum atomic E-state index is 13.3. The first-order chi connectivity index (χ1) is 17.7. The van der Waals surface area contributed by atoms with Gasteiger partial charge in [-0.3, -0.25) is 9.59 Å². The van der Waals surface area contributed by atoms with Crippen LogP contribution < -0.4 is 10.5 Å². The zero-order valence-electron chi connectivity index (χ0n) is 22.8. The first-order valence-corrected chi connectivity index (χ1v) is 13.5. The van der Waals surface area contributed by atoms with Gasteiger partial charge in [-0.15, -0.1) is 0 Å². The molecule has 8 nitrogen and oxygen atoms in total. The number of ether oxygens (including phenoxy) is 2. The van der Waals surface area contributed by atoms with E-state index in [-0.39, 0.29) is 12.0 Å². The number of aliphatic hydroxyl groups excluding tert-OH is 1. The summed E-state index contributed by atoms with van der Waals surface area (Å²) in [6, 6.07) is 2.84. The molecule has 3 atom stereocenters. The van der Waals surface area contributed by atoms with Crippen molar-refractivity contribution in [1.29, 1.82) is 0 Å². The monoisotopic (exact) mass is 516 g/mol. The largest absolute Gasteiger partial charge is 0.496 e. The predicted molar refractivity (Wildman–Crippen MR) is 143 cm³/mol. The van der Waals surface area contributed by atoms with Crippen molar-refractivity contribution in [1.82, 2.24) is 4.90 Å². The number of esters is 1. The summed E-state index contributed by atoms with van der Waals surface area (Å²) in [4.78, 5) is 39.0. The Morgan fingerprint density at radius 1 is 1.05 bits per heavy atom. The molecule has 0 spiro atoms. The normalized spacial score (nSPS) is 16.5. The average molecular weight is 517 g/mol. The molecular formula is C29H44N2O6. The summed E-state index contributed by atoms with van der Waals surface area (Å²) in [7, 11) is 1.58. The molecule has 2 amide bonds. The van der Waals surface area contributed by atoms with Crippen LogP contribution >= 0.6 is 0 Å². The van der Waals surface area contributed by atoms with Crippen LogP contribution in [-0.4, -0.2) is 53.1 Å². The van der Waals surface area contributed by atoms with E-state index in [1.807, 2.05) is 26.0 Å². The van der Waals surface area contributed by atoms with E-state index in [1.54, 1.807) is 19.4 Å². The maximum absolute atomic E-state index is 13.3. The molecule has 2 rings (SSSR count). The molecule has 37 heavy (non-hydrogen) atoms. The topological polar surface area (TPSA) is 119 Å². The Morgan fingerprint density at radius 2 is 1.70 bits per heavy atom. The first-order valence-electron chi connectivity index (χ1n) is 13.5. The van der Waals surface area contributed by atoms with Crippen LogP contribution in [0.3, 0.4) is 0 Å². The number of benzene rings is 1. The van der Waals surface area contributed by atoms with Crippen molar-refractivity contribution in [2.75, 3.05) is 7.11 Å². The Labute approximate surface area is 221 Å². The smallest absolute Gasteiger partial charge is 0.329 e. The highest BCUT2D eigenvalue weighted by Gasteiger charge is 2.34. The number of methoxy groups -OCH3 is 1. The van der Waals surface area contributed by atoms with E-state index in [1.165, 1.54) is 4.90 Å². The molecule has 1 heterocycles. The second-order valence-corrected chi connectivity index (χ2v) is 9.93. The lowest BCUT2D eigenvalue weighted by Crippen LogP contribution is -2.41. The number of nitrogens with zero attached hydrogens (tertiary/aromatic N) is 1. The van der Waals surface area contributed by atoms with E-state index in [0.717, 1.165) is 56.1 Å². The highest BCUT2D eigenvalue weighted by molar-refractivity contribution is 5.98. The van der Waals surface area contributed by atoms with Crippen LogP contribution in [0.25, 0.3) is 0 Å². The number of aliphatic hydroxyl groups is 1. The Kier molecular flexibility index (Phi) is 12.6. The lowest BCUT2D eigenvalue weighted by molar-refractivity contribution is -0.154. The summed E-state index contributed by atoms with van der Waals surface area (Å²) in [6.07, 6.45) is 11.0. The number of carbonyl (C=O) groups is 3. The van der Waals surface area contributed by atoms with Gasteiger partial charge in [0, 0.05) is 11.8 Å². The van der Waals surface area contributed by atoms with E-state index < -0.39 is 24.0 Å². The quantitative estimate of drug-likeness (QED) is 0.242. The molecule has 0 aromatic heterocycles. The van der Waals surface area contributed by atoms with Crippen molar-refractivity contribution in [2.45, 2.75) is 110 Å². The number of aryl methyl sites for hydroxylation is 1. The van der Waals surface area contributed by atoms with Crippen LogP contribution in [-0.2, 0) is 14.3 Å². The molecule has 1 aromatic carbocycles. The molecule has 0 aliphatic carbocycles. The molecule has 206 valence electrons. The van der Waals surface area contributed by atoms with E-state index >= 15 is 0 Å². The third-order valence-corrected chi connectivity index (χ3v) is 7.05. The lowest BCUT2D eigenvalue weighted by Gasteiger charge is -2.26. The molecule has 0 radical (unpaired) electrons. The van der Waals surface area contributed by atoms with E-state index in [0.29, 0.717) is 37.0 Å². The van der Waals surface area contributed by atoms with Crippen molar-refractivity contribution < 1.29 is 29.0 Å². The predicted octanol–water partition coefficient (Wildman–Crippen LogP) is 4.72. The molecule has 0 bridgehead atoms. The fourth-order valence-corrected chi connectivity index (χ4v) is 4.58. The molecule has 0 unspecified atom stereocenters. The van der Waals surface area contributed by atoms with Gasteiger partial charge >= 0.3 is 5.97 Å². The van der Waals surface area contributed by atoms with E-state index in [4.69, 9.17) is 15.2 Å². The van der Waals surface area contributed by atoms with Gasteiger partial charge in [0.25, 0.3) is 5.91 Å². The van der Waals surface area contributed by atoms with Gasteiger partial charge < -0.3 is 25.2 Å². The third-order valence-electron chi connectivity index (χ3n) is 7.05. The number of hydrogen-bond donors (Lipinski definition) is 2.